The molecular weight excluding hydrogens is 176 g/mol. The molecule has 0 spiro atoms. The monoisotopic (exact) mass is 190 g/mol. The minimum atomic E-state index is -0.105. The van der Waals surface area contributed by atoms with Crippen molar-refractivity contribution in [3.63, 3.8) is 0 Å². The van der Waals surface area contributed by atoms with Gasteiger partial charge in [0.15, 0.2) is 0 Å². The van der Waals surface area contributed by atoms with Crippen LogP contribution in [0.4, 0.5) is 0 Å². The van der Waals surface area contributed by atoms with E-state index in [1.165, 1.54) is 0 Å². The lowest BCUT2D eigenvalue weighted by Crippen LogP contribution is -2.22. The standard InChI is InChI=1S/C10H10N2O.CH4/c1-2-12-10(13)9-5-3-8(7-11)4-6-9;/h3-6H,2H2,1H3,(H,12,13);1H4. The molecule has 3 nitrogen and oxygen atoms in total. The van der Waals surface area contributed by atoms with Crippen LogP contribution in [0.2, 0.25) is 0 Å². The highest BCUT2D eigenvalue weighted by molar-refractivity contribution is 5.94. The molecule has 0 aliphatic rings. The summed E-state index contributed by atoms with van der Waals surface area (Å²) in [5.41, 5.74) is 1.15. The number of rotatable bonds is 2. The number of hydrogen-bond donors (Lipinski definition) is 1. The molecule has 0 aliphatic heterocycles. The molecule has 1 rings (SSSR count). The van der Waals surface area contributed by atoms with E-state index >= 15 is 0 Å². The molecule has 0 radical (unpaired) electrons. The van der Waals surface area contributed by atoms with Crippen LogP contribution in [0.5, 0.6) is 0 Å². The Bertz CT molecular complexity index is 335. The van der Waals surface area contributed by atoms with Gasteiger partial charge in [-0.1, -0.05) is 7.43 Å². The van der Waals surface area contributed by atoms with Crippen molar-refractivity contribution >= 4 is 5.91 Å². The molecule has 1 N–H and O–H groups in total. The minimum absolute atomic E-state index is 0. The fourth-order valence-corrected chi connectivity index (χ4v) is 0.959. The van der Waals surface area contributed by atoms with Crippen molar-refractivity contribution < 1.29 is 4.79 Å². The van der Waals surface area contributed by atoms with Crippen LogP contribution >= 0.6 is 0 Å². The second-order valence-electron chi connectivity index (χ2n) is 2.55. The molecule has 0 aliphatic carbocycles. The number of nitriles is 1. The molecule has 0 aromatic heterocycles. The molecule has 0 atom stereocenters. The Kier molecular flexibility index (Phi) is 5.01. The van der Waals surface area contributed by atoms with Crippen molar-refractivity contribution in [2.24, 2.45) is 0 Å². The first-order valence-electron chi connectivity index (χ1n) is 4.06. The molecule has 1 amide bonds. The van der Waals surface area contributed by atoms with E-state index in [9.17, 15) is 4.79 Å². The van der Waals surface area contributed by atoms with E-state index in [2.05, 4.69) is 5.32 Å². The van der Waals surface area contributed by atoms with E-state index < -0.39 is 0 Å². The number of carbonyl (C=O) groups excluding carboxylic acids is 1. The van der Waals surface area contributed by atoms with E-state index in [0.717, 1.165) is 0 Å². The van der Waals surface area contributed by atoms with Crippen LogP contribution < -0.4 is 5.32 Å². The first-order valence-corrected chi connectivity index (χ1v) is 4.06. The van der Waals surface area contributed by atoms with Crippen molar-refractivity contribution in [2.45, 2.75) is 14.4 Å². The number of carbonyl (C=O) groups is 1. The highest BCUT2D eigenvalue weighted by Gasteiger charge is 2.02. The summed E-state index contributed by atoms with van der Waals surface area (Å²) in [6.45, 7) is 2.47. The van der Waals surface area contributed by atoms with Crippen molar-refractivity contribution in [3.05, 3.63) is 35.4 Å². The van der Waals surface area contributed by atoms with Gasteiger partial charge in [0.2, 0.25) is 0 Å². The lowest BCUT2D eigenvalue weighted by atomic mass is 10.1. The summed E-state index contributed by atoms with van der Waals surface area (Å²) in [5, 5.41) is 11.2. The summed E-state index contributed by atoms with van der Waals surface area (Å²) in [7, 11) is 0. The second-order valence-corrected chi connectivity index (χ2v) is 2.55. The number of hydrogen-bond acceptors (Lipinski definition) is 2. The zero-order valence-corrected chi connectivity index (χ0v) is 7.37. The lowest BCUT2D eigenvalue weighted by molar-refractivity contribution is 0.0956. The fourth-order valence-electron chi connectivity index (χ4n) is 0.959. The first-order chi connectivity index (χ1) is 6.27. The maximum Gasteiger partial charge on any atom is 0.251 e. The van der Waals surface area contributed by atoms with Gasteiger partial charge in [-0.2, -0.15) is 5.26 Å². The van der Waals surface area contributed by atoms with Crippen molar-refractivity contribution in [1.29, 1.82) is 5.26 Å². The van der Waals surface area contributed by atoms with Gasteiger partial charge in [0.05, 0.1) is 11.6 Å². The summed E-state index contributed by atoms with van der Waals surface area (Å²) in [4.78, 5) is 11.3. The van der Waals surface area contributed by atoms with E-state index in [0.29, 0.717) is 17.7 Å². The fraction of sp³-hybridized carbons (Fsp3) is 0.273. The maximum atomic E-state index is 11.3. The quantitative estimate of drug-likeness (QED) is 0.774. The van der Waals surface area contributed by atoms with E-state index in [-0.39, 0.29) is 13.3 Å². The molecule has 1 aromatic carbocycles. The molecular formula is C11H14N2O. The van der Waals surface area contributed by atoms with Crippen LogP contribution in [0.25, 0.3) is 0 Å². The van der Waals surface area contributed by atoms with Crippen LogP contribution in [0, 0.1) is 11.3 Å². The average Bonchev–Trinajstić information content (AvgIpc) is 2.18. The Morgan fingerprint density at radius 3 is 2.43 bits per heavy atom. The van der Waals surface area contributed by atoms with Gasteiger partial charge in [-0.3, -0.25) is 4.79 Å². The lowest BCUT2D eigenvalue weighted by Gasteiger charge is -2.00. The van der Waals surface area contributed by atoms with Crippen molar-refractivity contribution in [2.75, 3.05) is 6.54 Å². The van der Waals surface area contributed by atoms with Crippen molar-refractivity contribution in [1.82, 2.24) is 5.32 Å². The van der Waals surface area contributed by atoms with E-state index in [1.807, 2.05) is 13.0 Å². The predicted octanol–water partition coefficient (Wildman–Crippen LogP) is 1.94. The molecule has 74 valence electrons. The van der Waals surface area contributed by atoms with Crippen molar-refractivity contribution in [3.8, 4) is 6.07 Å². The van der Waals surface area contributed by atoms with Gasteiger partial charge in [0.25, 0.3) is 5.91 Å². The maximum absolute atomic E-state index is 11.3. The van der Waals surface area contributed by atoms with Crippen LogP contribution in [0.1, 0.15) is 30.3 Å². The molecule has 0 saturated carbocycles. The van der Waals surface area contributed by atoms with Gasteiger partial charge in [-0.25, -0.2) is 0 Å². The first kappa shape index (κ1) is 12.2. The summed E-state index contributed by atoms with van der Waals surface area (Å²) in [6, 6.07) is 8.54. The van der Waals surface area contributed by atoms with Gasteiger partial charge in [0, 0.05) is 12.1 Å². The third kappa shape index (κ3) is 2.91. The molecule has 0 unspecified atom stereocenters. The second kappa shape index (κ2) is 5.76. The topological polar surface area (TPSA) is 52.9 Å². The Labute approximate surface area is 84.4 Å². The molecule has 1 aromatic rings. The zero-order valence-electron chi connectivity index (χ0n) is 7.37. The number of nitrogens with one attached hydrogen (secondary N) is 1. The SMILES string of the molecule is C.CCNC(=O)c1ccc(C#N)cc1. The third-order valence-corrected chi connectivity index (χ3v) is 1.61. The number of nitrogens with zero attached hydrogens (tertiary/aromatic N) is 1. The average molecular weight is 190 g/mol. The summed E-state index contributed by atoms with van der Waals surface area (Å²) < 4.78 is 0. The van der Waals surface area contributed by atoms with Crippen LogP contribution in [0.15, 0.2) is 24.3 Å². The van der Waals surface area contributed by atoms with Gasteiger partial charge < -0.3 is 5.32 Å². The van der Waals surface area contributed by atoms with Crippen LogP contribution in [-0.4, -0.2) is 12.5 Å². The van der Waals surface area contributed by atoms with Crippen LogP contribution in [-0.2, 0) is 0 Å². The number of amides is 1. The summed E-state index contributed by atoms with van der Waals surface area (Å²) >= 11 is 0. The van der Waals surface area contributed by atoms with Gasteiger partial charge in [-0.15, -0.1) is 0 Å². The molecule has 14 heavy (non-hydrogen) atoms. The Balaban J connectivity index is 0.00000169. The smallest absolute Gasteiger partial charge is 0.251 e. The normalized spacial score (nSPS) is 8.29. The summed E-state index contributed by atoms with van der Waals surface area (Å²) in [5.74, 6) is -0.105. The largest absolute Gasteiger partial charge is 0.352 e. The Hall–Kier alpha value is -1.82. The Morgan fingerprint density at radius 1 is 1.43 bits per heavy atom. The third-order valence-electron chi connectivity index (χ3n) is 1.61. The Morgan fingerprint density at radius 2 is 2.00 bits per heavy atom. The molecule has 0 saturated heterocycles. The highest BCUT2D eigenvalue weighted by Crippen LogP contribution is 2.02. The van der Waals surface area contributed by atoms with Gasteiger partial charge in [-0.05, 0) is 31.2 Å². The number of benzene rings is 1. The van der Waals surface area contributed by atoms with E-state index in [4.69, 9.17) is 5.26 Å². The van der Waals surface area contributed by atoms with Gasteiger partial charge >= 0.3 is 0 Å². The zero-order chi connectivity index (χ0) is 9.68. The minimum Gasteiger partial charge on any atom is -0.352 e. The predicted molar refractivity (Wildman–Crippen MR) is 55.9 cm³/mol. The molecule has 0 heterocycles. The molecule has 0 fully saturated rings. The van der Waals surface area contributed by atoms with Gasteiger partial charge in [0.1, 0.15) is 0 Å². The van der Waals surface area contributed by atoms with E-state index in [1.54, 1.807) is 24.3 Å². The molecule has 0 bridgehead atoms. The molecule has 3 heteroatoms. The van der Waals surface area contributed by atoms with Crippen LogP contribution in [0.3, 0.4) is 0 Å². The summed E-state index contributed by atoms with van der Waals surface area (Å²) in [6.07, 6.45) is 0. The highest BCUT2D eigenvalue weighted by atomic mass is 16.1.